The summed E-state index contributed by atoms with van der Waals surface area (Å²) in [6.45, 7) is 2.51. The molecular formula is C26H25N5O3S. The fourth-order valence-corrected chi connectivity index (χ4v) is 4.25. The minimum absolute atomic E-state index is 0.0891. The molecule has 35 heavy (non-hydrogen) atoms. The van der Waals surface area contributed by atoms with E-state index < -0.39 is 5.97 Å². The summed E-state index contributed by atoms with van der Waals surface area (Å²) in [5, 5.41) is 15.5. The molecule has 2 N–H and O–H groups in total. The number of aromatic nitrogens is 3. The summed E-state index contributed by atoms with van der Waals surface area (Å²) in [4.78, 5) is 24.7. The lowest BCUT2D eigenvalue weighted by atomic mass is 10.2. The molecule has 0 saturated carbocycles. The van der Waals surface area contributed by atoms with E-state index in [2.05, 4.69) is 26.9 Å². The molecular weight excluding hydrogens is 462 g/mol. The second-order valence-electron chi connectivity index (χ2n) is 7.67. The summed E-state index contributed by atoms with van der Waals surface area (Å²) in [6.07, 6.45) is 0. The van der Waals surface area contributed by atoms with Gasteiger partial charge in [-0.1, -0.05) is 54.2 Å². The highest BCUT2D eigenvalue weighted by Gasteiger charge is 2.17. The molecule has 0 unspecified atom stereocenters. The summed E-state index contributed by atoms with van der Waals surface area (Å²) >= 11 is 1.27. The molecule has 4 rings (SSSR count). The number of rotatable bonds is 9. The molecule has 4 aromatic rings. The lowest BCUT2D eigenvalue weighted by Gasteiger charge is -2.12. The van der Waals surface area contributed by atoms with E-state index in [0.29, 0.717) is 23.0 Å². The van der Waals surface area contributed by atoms with Crippen molar-refractivity contribution < 1.29 is 14.3 Å². The first-order valence-corrected chi connectivity index (χ1v) is 11.9. The number of carbonyl (C=O) groups excluding carboxylic acids is 2. The van der Waals surface area contributed by atoms with Crippen LogP contribution in [0.15, 0.2) is 84.0 Å². The van der Waals surface area contributed by atoms with Crippen molar-refractivity contribution in [1.29, 1.82) is 0 Å². The van der Waals surface area contributed by atoms with E-state index in [4.69, 9.17) is 4.74 Å². The number of thioether (sulfide) groups is 1. The number of ether oxygens (including phenoxy) is 1. The molecule has 0 bridgehead atoms. The quantitative estimate of drug-likeness (QED) is 0.261. The van der Waals surface area contributed by atoms with Crippen LogP contribution in [-0.4, -0.2) is 39.5 Å². The number of benzene rings is 3. The topological polar surface area (TPSA) is 98.1 Å². The summed E-state index contributed by atoms with van der Waals surface area (Å²) in [5.74, 6) is 0.0272. The van der Waals surface area contributed by atoms with Gasteiger partial charge in [0.2, 0.25) is 5.91 Å². The van der Waals surface area contributed by atoms with E-state index in [0.717, 1.165) is 22.8 Å². The maximum Gasteiger partial charge on any atom is 0.339 e. The van der Waals surface area contributed by atoms with Gasteiger partial charge in [-0.25, -0.2) is 4.79 Å². The Morgan fingerprint density at radius 1 is 0.971 bits per heavy atom. The molecule has 0 atom stereocenters. The standard InChI is InChI=1S/C26H25N5O3S/c1-18-9-8-10-19(15-18)27-16-23-29-30-26(31(23)20-11-4-3-5-12-20)35-17-24(32)28-22-14-7-6-13-21(22)25(33)34-2/h3-15,27H,16-17H2,1-2H3,(H,28,32). The fourth-order valence-electron chi connectivity index (χ4n) is 3.48. The Morgan fingerprint density at radius 3 is 2.51 bits per heavy atom. The van der Waals surface area contributed by atoms with E-state index in [1.165, 1.54) is 18.9 Å². The van der Waals surface area contributed by atoms with Crippen LogP contribution in [0.2, 0.25) is 0 Å². The molecule has 1 amide bonds. The second kappa shape index (κ2) is 11.3. The molecule has 9 heteroatoms. The lowest BCUT2D eigenvalue weighted by Crippen LogP contribution is -2.17. The molecule has 0 aliphatic rings. The highest BCUT2D eigenvalue weighted by molar-refractivity contribution is 7.99. The second-order valence-corrected chi connectivity index (χ2v) is 8.61. The molecule has 0 saturated heterocycles. The Kier molecular flexibility index (Phi) is 7.79. The number of nitrogens with one attached hydrogen (secondary N) is 2. The molecule has 0 fully saturated rings. The van der Waals surface area contributed by atoms with Crippen LogP contribution in [0.25, 0.3) is 5.69 Å². The smallest absolute Gasteiger partial charge is 0.339 e. The van der Waals surface area contributed by atoms with Gasteiger partial charge in [-0.05, 0) is 48.9 Å². The van der Waals surface area contributed by atoms with E-state index in [9.17, 15) is 9.59 Å². The third kappa shape index (κ3) is 6.07. The Morgan fingerprint density at radius 2 is 1.74 bits per heavy atom. The first-order valence-electron chi connectivity index (χ1n) is 11.0. The molecule has 3 aromatic carbocycles. The first-order chi connectivity index (χ1) is 17.0. The van der Waals surface area contributed by atoms with Crippen LogP contribution >= 0.6 is 11.8 Å². The van der Waals surface area contributed by atoms with Gasteiger partial charge in [0.05, 0.1) is 30.7 Å². The van der Waals surface area contributed by atoms with Gasteiger partial charge in [0.1, 0.15) is 0 Å². The Labute approximate surface area is 207 Å². The lowest BCUT2D eigenvalue weighted by molar-refractivity contribution is -0.113. The van der Waals surface area contributed by atoms with Crippen LogP contribution < -0.4 is 10.6 Å². The van der Waals surface area contributed by atoms with E-state index in [-0.39, 0.29) is 11.7 Å². The Hall–Kier alpha value is -4.11. The number of para-hydroxylation sites is 2. The molecule has 0 spiro atoms. The van der Waals surface area contributed by atoms with Gasteiger partial charge in [-0.2, -0.15) is 0 Å². The third-order valence-electron chi connectivity index (χ3n) is 5.12. The highest BCUT2D eigenvalue weighted by atomic mass is 32.2. The SMILES string of the molecule is COC(=O)c1ccccc1NC(=O)CSc1nnc(CNc2cccc(C)c2)n1-c1ccccc1. The van der Waals surface area contributed by atoms with Crippen molar-refractivity contribution in [3.8, 4) is 5.69 Å². The van der Waals surface area contributed by atoms with Crippen LogP contribution in [-0.2, 0) is 16.1 Å². The van der Waals surface area contributed by atoms with Gasteiger partial charge in [-0.3, -0.25) is 9.36 Å². The highest BCUT2D eigenvalue weighted by Crippen LogP contribution is 2.24. The maximum absolute atomic E-state index is 12.7. The maximum atomic E-state index is 12.7. The summed E-state index contributed by atoms with van der Waals surface area (Å²) in [5.41, 5.74) is 3.75. The number of anilines is 2. The van der Waals surface area contributed by atoms with Crippen LogP contribution in [0.3, 0.4) is 0 Å². The first kappa shape index (κ1) is 24.0. The number of nitrogens with zero attached hydrogens (tertiary/aromatic N) is 3. The summed E-state index contributed by atoms with van der Waals surface area (Å²) in [6, 6.07) is 24.6. The van der Waals surface area contributed by atoms with E-state index in [1.807, 2.05) is 60.0 Å². The number of carbonyl (C=O) groups is 2. The molecule has 178 valence electrons. The summed E-state index contributed by atoms with van der Waals surface area (Å²) in [7, 11) is 1.30. The van der Waals surface area contributed by atoms with Gasteiger partial charge in [-0.15, -0.1) is 10.2 Å². The molecule has 0 aliphatic heterocycles. The largest absolute Gasteiger partial charge is 0.465 e. The number of aryl methyl sites for hydroxylation is 1. The zero-order valence-corrected chi connectivity index (χ0v) is 20.2. The number of hydrogen-bond donors (Lipinski definition) is 2. The predicted molar refractivity (Wildman–Crippen MR) is 137 cm³/mol. The van der Waals surface area contributed by atoms with Crippen LogP contribution in [0.1, 0.15) is 21.7 Å². The molecule has 0 aliphatic carbocycles. The molecule has 8 nitrogen and oxygen atoms in total. The Bertz CT molecular complexity index is 1320. The monoisotopic (exact) mass is 487 g/mol. The van der Waals surface area contributed by atoms with Crippen molar-refractivity contribution in [1.82, 2.24) is 14.8 Å². The molecule has 1 aromatic heterocycles. The van der Waals surface area contributed by atoms with E-state index >= 15 is 0 Å². The van der Waals surface area contributed by atoms with Gasteiger partial charge < -0.3 is 15.4 Å². The van der Waals surface area contributed by atoms with Crippen molar-refractivity contribution in [2.75, 3.05) is 23.5 Å². The summed E-state index contributed by atoms with van der Waals surface area (Å²) < 4.78 is 6.73. The van der Waals surface area contributed by atoms with Gasteiger partial charge in [0.25, 0.3) is 0 Å². The fraction of sp³-hybridized carbons (Fsp3) is 0.154. The average Bonchev–Trinajstić information content (AvgIpc) is 3.29. The van der Waals surface area contributed by atoms with Crippen molar-refractivity contribution in [2.45, 2.75) is 18.6 Å². The minimum atomic E-state index is -0.511. The van der Waals surface area contributed by atoms with Gasteiger partial charge in [0.15, 0.2) is 11.0 Å². The van der Waals surface area contributed by atoms with Gasteiger partial charge >= 0.3 is 5.97 Å². The number of amides is 1. The number of esters is 1. The number of hydrogen-bond acceptors (Lipinski definition) is 7. The number of methoxy groups -OCH3 is 1. The van der Waals surface area contributed by atoms with Crippen LogP contribution in [0.4, 0.5) is 11.4 Å². The van der Waals surface area contributed by atoms with Crippen molar-refractivity contribution in [2.24, 2.45) is 0 Å². The van der Waals surface area contributed by atoms with E-state index in [1.54, 1.807) is 24.3 Å². The zero-order valence-electron chi connectivity index (χ0n) is 19.4. The van der Waals surface area contributed by atoms with Crippen LogP contribution in [0, 0.1) is 6.92 Å². The normalized spacial score (nSPS) is 10.6. The molecule has 0 radical (unpaired) electrons. The van der Waals surface area contributed by atoms with Crippen LogP contribution in [0.5, 0.6) is 0 Å². The zero-order chi connectivity index (χ0) is 24.6. The average molecular weight is 488 g/mol. The van der Waals surface area contributed by atoms with Crippen molar-refractivity contribution in [3.63, 3.8) is 0 Å². The van der Waals surface area contributed by atoms with Crippen molar-refractivity contribution in [3.05, 3.63) is 95.8 Å². The predicted octanol–water partition coefficient (Wildman–Crippen LogP) is 4.71. The van der Waals surface area contributed by atoms with Gasteiger partial charge in [0, 0.05) is 11.4 Å². The minimum Gasteiger partial charge on any atom is -0.465 e. The Balaban J connectivity index is 1.50. The third-order valence-corrected chi connectivity index (χ3v) is 6.05. The molecule has 1 heterocycles. The van der Waals surface area contributed by atoms with Crippen molar-refractivity contribution >= 4 is 35.0 Å².